The summed E-state index contributed by atoms with van der Waals surface area (Å²) in [5, 5.41) is 11.5. The number of nitrogens with one attached hydrogen (secondary N) is 1. The van der Waals surface area contributed by atoms with Gasteiger partial charge in [0.15, 0.2) is 11.0 Å². The Balaban J connectivity index is 2.11. The molecule has 1 aromatic carbocycles. The summed E-state index contributed by atoms with van der Waals surface area (Å²) < 4.78 is 14.7. The predicted molar refractivity (Wildman–Crippen MR) is 75.8 cm³/mol. The highest BCUT2D eigenvalue weighted by atomic mass is 32.2. The Morgan fingerprint density at radius 3 is 2.70 bits per heavy atom. The number of hydrogen-bond donors (Lipinski definition) is 1. The molecule has 0 spiro atoms. The molecule has 0 saturated carbocycles. The number of thioether (sulfide) groups is 1. The van der Waals surface area contributed by atoms with Crippen LogP contribution in [0.5, 0.6) is 0 Å². The zero-order valence-electron chi connectivity index (χ0n) is 11.3. The molecule has 0 aliphatic carbocycles. The van der Waals surface area contributed by atoms with E-state index in [2.05, 4.69) is 15.5 Å². The van der Waals surface area contributed by atoms with E-state index in [4.69, 9.17) is 0 Å². The topological polar surface area (TPSA) is 59.8 Å². The van der Waals surface area contributed by atoms with E-state index in [1.807, 2.05) is 14.0 Å². The van der Waals surface area contributed by atoms with Gasteiger partial charge in [-0.15, -0.1) is 10.2 Å². The molecule has 0 aliphatic heterocycles. The third-order valence-corrected chi connectivity index (χ3v) is 3.66. The first-order valence-corrected chi connectivity index (χ1v) is 7.15. The van der Waals surface area contributed by atoms with Crippen LogP contribution in [-0.2, 0) is 11.8 Å². The van der Waals surface area contributed by atoms with E-state index >= 15 is 0 Å². The van der Waals surface area contributed by atoms with Crippen molar-refractivity contribution in [3.05, 3.63) is 30.1 Å². The maximum absolute atomic E-state index is 12.9. The molecule has 0 aliphatic rings. The summed E-state index contributed by atoms with van der Waals surface area (Å²) >= 11 is 1.32. The molecule has 1 amide bonds. The fourth-order valence-electron chi connectivity index (χ4n) is 1.67. The molecule has 0 atom stereocenters. The average molecular weight is 294 g/mol. The van der Waals surface area contributed by atoms with Gasteiger partial charge in [0.1, 0.15) is 5.82 Å². The summed E-state index contributed by atoms with van der Waals surface area (Å²) in [6.45, 7) is 2.48. The molecule has 20 heavy (non-hydrogen) atoms. The maximum atomic E-state index is 12.9. The van der Waals surface area contributed by atoms with E-state index in [1.54, 1.807) is 16.7 Å². The van der Waals surface area contributed by atoms with Gasteiger partial charge >= 0.3 is 0 Å². The Morgan fingerprint density at radius 2 is 2.05 bits per heavy atom. The van der Waals surface area contributed by atoms with Crippen LogP contribution in [0.1, 0.15) is 6.92 Å². The van der Waals surface area contributed by atoms with Gasteiger partial charge in [0.05, 0.1) is 5.75 Å². The van der Waals surface area contributed by atoms with Gasteiger partial charge < -0.3 is 9.88 Å². The molecule has 2 rings (SSSR count). The molecule has 0 bridgehead atoms. The number of carbonyl (C=O) groups excluding carboxylic acids is 1. The standard InChI is InChI=1S/C13H15FN4OS/c1-3-15-11(19)8-20-13-17-16-12(18(13)2)9-4-6-10(14)7-5-9/h4-7H,3,8H2,1-2H3,(H,15,19). The smallest absolute Gasteiger partial charge is 0.230 e. The summed E-state index contributed by atoms with van der Waals surface area (Å²) in [7, 11) is 1.82. The van der Waals surface area contributed by atoms with Crippen molar-refractivity contribution in [2.45, 2.75) is 12.1 Å². The summed E-state index contributed by atoms with van der Waals surface area (Å²) in [5.41, 5.74) is 0.784. The minimum Gasteiger partial charge on any atom is -0.356 e. The van der Waals surface area contributed by atoms with Crippen LogP contribution in [-0.4, -0.2) is 33.0 Å². The Bertz CT molecular complexity index is 597. The van der Waals surface area contributed by atoms with Gasteiger partial charge in [-0.1, -0.05) is 11.8 Å². The third-order valence-electron chi connectivity index (χ3n) is 2.64. The number of halogens is 1. The highest BCUT2D eigenvalue weighted by Crippen LogP contribution is 2.22. The quantitative estimate of drug-likeness (QED) is 0.855. The molecule has 1 aromatic heterocycles. The molecule has 0 radical (unpaired) electrons. The zero-order chi connectivity index (χ0) is 14.5. The van der Waals surface area contributed by atoms with Crippen molar-refractivity contribution in [2.75, 3.05) is 12.3 Å². The lowest BCUT2D eigenvalue weighted by Crippen LogP contribution is -2.24. The first kappa shape index (κ1) is 14.5. The lowest BCUT2D eigenvalue weighted by Gasteiger charge is -2.04. The van der Waals surface area contributed by atoms with Crippen molar-refractivity contribution in [1.29, 1.82) is 0 Å². The van der Waals surface area contributed by atoms with Gasteiger partial charge in [-0.2, -0.15) is 0 Å². The van der Waals surface area contributed by atoms with E-state index in [0.29, 0.717) is 23.3 Å². The number of hydrogen-bond acceptors (Lipinski definition) is 4. The molecule has 5 nitrogen and oxygen atoms in total. The molecule has 0 unspecified atom stereocenters. The maximum Gasteiger partial charge on any atom is 0.230 e. The monoisotopic (exact) mass is 294 g/mol. The summed E-state index contributed by atoms with van der Waals surface area (Å²) in [5.74, 6) is 0.609. The second-order valence-corrected chi connectivity index (χ2v) is 5.06. The lowest BCUT2D eigenvalue weighted by molar-refractivity contribution is -0.118. The zero-order valence-corrected chi connectivity index (χ0v) is 12.1. The minimum absolute atomic E-state index is 0.0381. The van der Waals surface area contributed by atoms with Gasteiger partial charge in [-0.25, -0.2) is 4.39 Å². The van der Waals surface area contributed by atoms with Crippen LogP contribution in [0, 0.1) is 5.82 Å². The van der Waals surface area contributed by atoms with E-state index in [-0.39, 0.29) is 11.7 Å². The van der Waals surface area contributed by atoms with Gasteiger partial charge in [-0.05, 0) is 31.2 Å². The number of rotatable bonds is 5. The predicted octanol–water partition coefficient (Wildman–Crippen LogP) is 1.85. The number of amides is 1. The van der Waals surface area contributed by atoms with Crippen molar-refractivity contribution < 1.29 is 9.18 Å². The van der Waals surface area contributed by atoms with E-state index in [0.717, 1.165) is 5.56 Å². The fraction of sp³-hybridized carbons (Fsp3) is 0.308. The number of aromatic nitrogens is 3. The van der Waals surface area contributed by atoms with Crippen molar-refractivity contribution in [1.82, 2.24) is 20.1 Å². The van der Waals surface area contributed by atoms with Crippen LogP contribution in [0.25, 0.3) is 11.4 Å². The summed E-state index contributed by atoms with van der Waals surface area (Å²) in [6, 6.07) is 6.06. The molecule has 0 fully saturated rings. The molecule has 1 N–H and O–H groups in total. The first-order valence-electron chi connectivity index (χ1n) is 6.16. The molecule has 7 heteroatoms. The normalized spacial score (nSPS) is 10.6. The van der Waals surface area contributed by atoms with Crippen LogP contribution in [0.3, 0.4) is 0 Å². The molecule has 0 saturated heterocycles. The first-order chi connectivity index (χ1) is 9.61. The summed E-state index contributed by atoms with van der Waals surface area (Å²) in [4.78, 5) is 11.4. The lowest BCUT2D eigenvalue weighted by atomic mass is 10.2. The van der Waals surface area contributed by atoms with Gasteiger partial charge in [-0.3, -0.25) is 4.79 Å². The molecule has 2 aromatic rings. The minimum atomic E-state index is -0.290. The van der Waals surface area contributed by atoms with E-state index < -0.39 is 0 Å². The fourth-order valence-corrected chi connectivity index (χ4v) is 2.41. The van der Waals surface area contributed by atoms with Crippen LogP contribution >= 0.6 is 11.8 Å². The second-order valence-electron chi connectivity index (χ2n) is 4.11. The van der Waals surface area contributed by atoms with E-state index in [1.165, 1.54) is 23.9 Å². The van der Waals surface area contributed by atoms with Crippen molar-refractivity contribution in [3.8, 4) is 11.4 Å². The van der Waals surface area contributed by atoms with Crippen molar-refractivity contribution >= 4 is 17.7 Å². The van der Waals surface area contributed by atoms with Crippen LogP contribution in [0.15, 0.2) is 29.4 Å². The molecule has 106 valence electrons. The number of nitrogens with zero attached hydrogens (tertiary/aromatic N) is 3. The van der Waals surface area contributed by atoms with Gasteiger partial charge in [0.2, 0.25) is 5.91 Å². The Kier molecular flexibility index (Phi) is 4.73. The SMILES string of the molecule is CCNC(=O)CSc1nnc(-c2ccc(F)cc2)n1C. The average Bonchev–Trinajstić information content (AvgIpc) is 2.79. The van der Waals surface area contributed by atoms with E-state index in [9.17, 15) is 9.18 Å². The number of carbonyl (C=O) groups is 1. The van der Waals surface area contributed by atoms with Gasteiger partial charge in [0.25, 0.3) is 0 Å². The second kappa shape index (κ2) is 6.51. The molecular formula is C13H15FN4OS. The Morgan fingerprint density at radius 1 is 1.35 bits per heavy atom. The summed E-state index contributed by atoms with van der Waals surface area (Å²) in [6.07, 6.45) is 0. The van der Waals surface area contributed by atoms with Crippen LogP contribution < -0.4 is 5.32 Å². The van der Waals surface area contributed by atoms with Crippen molar-refractivity contribution in [3.63, 3.8) is 0 Å². The Hall–Kier alpha value is -1.89. The highest BCUT2D eigenvalue weighted by molar-refractivity contribution is 7.99. The molecular weight excluding hydrogens is 279 g/mol. The Labute approximate surface area is 120 Å². The van der Waals surface area contributed by atoms with Gasteiger partial charge in [0, 0.05) is 19.2 Å². The van der Waals surface area contributed by atoms with Crippen LogP contribution in [0.2, 0.25) is 0 Å². The molecule has 1 heterocycles. The highest BCUT2D eigenvalue weighted by Gasteiger charge is 2.12. The number of benzene rings is 1. The largest absolute Gasteiger partial charge is 0.356 e. The third kappa shape index (κ3) is 3.36. The van der Waals surface area contributed by atoms with Crippen molar-refractivity contribution in [2.24, 2.45) is 7.05 Å². The van der Waals surface area contributed by atoms with Crippen LogP contribution in [0.4, 0.5) is 4.39 Å².